The summed E-state index contributed by atoms with van der Waals surface area (Å²) in [6.07, 6.45) is 1.79. The lowest BCUT2D eigenvalue weighted by atomic mass is 10.2. The Bertz CT molecular complexity index is 891. The maximum Gasteiger partial charge on any atom is 0.274 e. The van der Waals surface area contributed by atoms with E-state index in [1.807, 2.05) is 42.5 Å². The fourth-order valence-corrected chi connectivity index (χ4v) is 2.74. The van der Waals surface area contributed by atoms with Gasteiger partial charge in [0.05, 0.1) is 16.6 Å². The Balaban J connectivity index is 1.75. The first-order chi connectivity index (χ1) is 11.6. The molecule has 0 fully saturated rings. The number of benzene rings is 2. The van der Waals surface area contributed by atoms with Gasteiger partial charge < -0.3 is 9.88 Å². The van der Waals surface area contributed by atoms with Crippen molar-refractivity contribution in [3.8, 4) is 0 Å². The highest BCUT2D eigenvalue weighted by molar-refractivity contribution is 6.42. The lowest BCUT2D eigenvalue weighted by Crippen LogP contribution is -2.23. The Kier molecular flexibility index (Phi) is 5.24. The van der Waals surface area contributed by atoms with Gasteiger partial charge in [-0.05, 0) is 35.4 Å². The topological polar surface area (TPSA) is 34.0 Å². The van der Waals surface area contributed by atoms with E-state index in [4.69, 9.17) is 23.2 Å². The molecule has 0 unspecified atom stereocenters. The molecule has 0 saturated heterocycles. The molecule has 0 spiro atoms. The van der Waals surface area contributed by atoms with Crippen molar-refractivity contribution in [2.45, 2.75) is 13.1 Å². The first-order valence-corrected chi connectivity index (χ1v) is 8.30. The molecule has 3 nitrogen and oxygen atoms in total. The van der Waals surface area contributed by atoms with Crippen LogP contribution in [0.25, 0.3) is 0 Å². The van der Waals surface area contributed by atoms with E-state index >= 15 is 0 Å². The number of rotatable bonds is 5. The normalized spacial score (nSPS) is 10.6. The van der Waals surface area contributed by atoms with Crippen LogP contribution in [0.15, 0.2) is 71.7 Å². The smallest absolute Gasteiger partial charge is 0.274 e. The fourth-order valence-electron chi connectivity index (χ4n) is 2.42. The van der Waals surface area contributed by atoms with Gasteiger partial charge in [-0.2, -0.15) is 0 Å². The van der Waals surface area contributed by atoms with Crippen molar-refractivity contribution in [1.29, 1.82) is 0 Å². The highest BCUT2D eigenvalue weighted by Crippen LogP contribution is 2.22. The summed E-state index contributed by atoms with van der Waals surface area (Å²) in [5.41, 5.74) is 2.55. The second-order valence-electron chi connectivity index (χ2n) is 5.44. The second kappa shape index (κ2) is 7.56. The second-order valence-corrected chi connectivity index (χ2v) is 6.26. The van der Waals surface area contributed by atoms with Crippen LogP contribution in [0.5, 0.6) is 0 Å². The zero-order valence-corrected chi connectivity index (χ0v) is 14.4. The third-order valence-corrected chi connectivity index (χ3v) is 4.42. The summed E-state index contributed by atoms with van der Waals surface area (Å²) in [4.78, 5) is 12.6. The van der Waals surface area contributed by atoms with Crippen molar-refractivity contribution in [2.24, 2.45) is 0 Å². The monoisotopic (exact) mass is 358 g/mol. The largest absolute Gasteiger partial charge is 0.377 e. The molecule has 0 aliphatic carbocycles. The quantitative estimate of drug-likeness (QED) is 0.709. The van der Waals surface area contributed by atoms with E-state index in [1.54, 1.807) is 29.0 Å². The van der Waals surface area contributed by atoms with Gasteiger partial charge in [-0.15, -0.1) is 0 Å². The summed E-state index contributed by atoms with van der Waals surface area (Å²) in [7, 11) is 0. The minimum Gasteiger partial charge on any atom is -0.377 e. The van der Waals surface area contributed by atoms with Crippen molar-refractivity contribution in [1.82, 2.24) is 4.57 Å². The van der Waals surface area contributed by atoms with Crippen molar-refractivity contribution in [3.05, 3.63) is 98.4 Å². The van der Waals surface area contributed by atoms with Crippen LogP contribution in [0.3, 0.4) is 0 Å². The minimum absolute atomic E-state index is 0.0542. The minimum atomic E-state index is -0.0542. The Morgan fingerprint density at radius 1 is 0.875 bits per heavy atom. The summed E-state index contributed by atoms with van der Waals surface area (Å²) < 4.78 is 1.69. The van der Waals surface area contributed by atoms with Gasteiger partial charge in [-0.3, -0.25) is 4.79 Å². The third kappa shape index (κ3) is 3.99. The van der Waals surface area contributed by atoms with Crippen molar-refractivity contribution < 1.29 is 0 Å². The molecular formula is C19H16Cl2N2O. The molecule has 1 heterocycles. The molecule has 1 aromatic heterocycles. The van der Waals surface area contributed by atoms with Gasteiger partial charge in [0.2, 0.25) is 0 Å². The average Bonchev–Trinajstić information content (AvgIpc) is 2.59. The average molecular weight is 359 g/mol. The van der Waals surface area contributed by atoms with Crippen molar-refractivity contribution in [3.63, 3.8) is 0 Å². The van der Waals surface area contributed by atoms with Crippen molar-refractivity contribution in [2.75, 3.05) is 5.32 Å². The van der Waals surface area contributed by atoms with Gasteiger partial charge in [-0.1, -0.05) is 59.6 Å². The third-order valence-electron chi connectivity index (χ3n) is 3.68. The Labute approximate surface area is 150 Å². The van der Waals surface area contributed by atoms with Crippen LogP contribution in [0.4, 0.5) is 5.69 Å². The van der Waals surface area contributed by atoms with Gasteiger partial charge in [-0.25, -0.2) is 0 Å². The molecule has 0 aliphatic rings. The Hall–Kier alpha value is -2.23. The van der Waals surface area contributed by atoms with E-state index < -0.39 is 0 Å². The van der Waals surface area contributed by atoms with Crippen molar-refractivity contribution >= 4 is 28.9 Å². The van der Waals surface area contributed by atoms with Crippen LogP contribution in [-0.2, 0) is 13.1 Å². The summed E-state index contributed by atoms with van der Waals surface area (Å²) in [5, 5.41) is 4.19. The first kappa shape index (κ1) is 16.6. The number of nitrogens with zero attached hydrogens (tertiary/aromatic N) is 1. The number of hydrogen-bond donors (Lipinski definition) is 1. The molecule has 0 atom stereocenters. The predicted octanol–water partition coefficient (Wildman–Crippen LogP) is 4.82. The van der Waals surface area contributed by atoms with Gasteiger partial charge in [0.25, 0.3) is 5.56 Å². The number of hydrogen-bond acceptors (Lipinski definition) is 2. The van der Waals surface area contributed by atoms with Gasteiger partial charge in [0.15, 0.2) is 0 Å². The molecule has 0 saturated carbocycles. The molecule has 0 bridgehead atoms. The number of nitrogens with one attached hydrogen (secondary N) is 1. The molecule has 5 heteroatoms. The summed E-state index contributed by atoms with van der Waals surface area (Å²) in [6, 6.07) is 19.0. The molecule has 0 aliphatic heterocycles. The summed E-state index contributed by atoms with van der Waals surface area (Å²) >= 11 is 11.9. The number of halogens is 2. The van der Waals surface area contributed by atoms with E-state index in [-0.39, 0.29) is 5.56 Å². The van der Waals surface area contributed by atoms with E-state index in [1.165, 1.54) is 0 Å². The van der Waals surface area contributed by atoms with E-state index in [0.29, 0.717) is 28.8 Å². The SMILES string of the molecule is O=c1c(NCc2ccc(Cl)c(Cl)c2)cccn1Cc1ccccc1. The van der Waals surface area contributed by atoms with E-state index in [0.717, 1.165) is 11.1 Å². The van der Waals surface area contributed by atoms with E-state index in [2.05, 4.69) is 5.32 Å². The molecule has 3 aromatic rings. The molecule has 0 amide bonds. The summed E-state index contributed by atoms with van der Waals surface area (Å²) in [5.74, 6) is 0. The molecule has 1 N–H and O–H groups in total. The van der Waals surface area contributed by atoms with Gasteiger partial charge in [0, 0.05) is 12.7 Å². The van der Waals surface area contributed by atoms with Crippen LogP contribution >= 0.6 is 23.2 Å². The Morgan fingerprint density at radius 2 is 1.67 bits per heavy atom. The highest BCUT2D eigenvalue weighted by Gasteiger charge is 2.05. The first-order valence-electron chi connectivity index (χ1n) is 7.54. The molecule has 122 valence electrons. The molecular weight excluding hydrogens is 343 g/mol. The standard InChI is InChI=1S/C19H16Cl2N2O/c20-16-9-8-15(11-17(16)21)12-22-18-7-4-10-23(19(18)24)13-14-5-2-1-3-6-14/h1-11,22H,12-13H2. The van der Waals surface area contributed by atoms with Crippen LogP contribution in [0.2, 0.25) is 10.0 Å². The van der Waals surface area contributed by atoms with Crippen LogP contribution in [-0.4, -0.2) is 4.57 Å². The highest BCUT2D eigenvalue weighted by atomic mass is 35.5. The molecule has 24 heavy (non-hydrogen) atoms. The van der Waals surface area contributed by atoms with Crippen LogP contribution in [0, 0.1) is 0 Å². The lowest BCUT2D eigenvalue weighted by molar-refractivity contribution is 0.760. The number of aromatic nitrogens is 1. The maximum absolute atomic E-state index is 12.6. The zero-order valence-electron chi connectivity index (χ0n) is 12.9. The molecule has 3 rings (SSSR count). The fraction of sp³-hybridized carbons (Fsp3) is 0.105. The summed E-state index contributed by atoms with van der Waals surface area (Å²) in [6.45, 7) is 1.05. The molecule has 2 aromatic carbocycles. The zero-order chi connectivity index (χ0) is 16.9. The lowest BCUT2D eigenvalue weighted by Gasteiger charge is -2.10. The van der Waals surface area contributed by atoms with Crippen LogP contribution in [0.1, 0.15) is 11.1 Å². The number of pyridine rings is 1. The Morgan fingerprint density at radius 3 is 2.42 bits per heavy atom. The maximum atomic E-state index is 12.6. The van der Waals surface area contributed by atoms with Gasteiger partial charge in [0.1, 0.15) is 5.69 Å². The predicted molar refractivity (Wildman–Crippen MR) is 100 cm³/mol. The van der Waals surface area contributed by atoms with Crippen LogP contribution < -0.4 is 10.9 Å². The number of anilines is 1. The van der Waals surface area contributed by atoms with Gasteiger partial charge >= 0.3 is 0 Å². The van der Waals surface area contributed by atoms with E-state index in [9.17, 15) is 4.79 Å². The molecule has 0 radical (unpaired) electrons.